The van der Waals surface area contributed by atoms with Gasteiger partial charge in [-0.05, 0) is 62.1 Å². The summed E-state index contributed by atoms with van der Waals surface area (Å²) >= 11 is 0. The van der Waals surface area contributed by atoms with Gasteiger partial charge < -0.3 is 14.7 Å². The summed E-state index contributed by atoms with van der Waals surface area (Å²) in [6, 6.07) is 15.7. The molecular formula is C21H23NO5S. The Morgan fingerprint density at radius 3 is 2.07 bits per heavy atom. The molecule has 0 bridgehead atoms. The van der Waals surface area contributed by atoms with Gasteiger partial charge in [0.1, 0.15) is 11.5 Å². The Morgan fingerprint density at radius 2 is 1.54 bits per heavy atom. The molecule has 7 heteroatoms. The van der Waals surface area contributed by atoms with Crippen molar-refractivity contribution >= 4 is 15.8 Å². The van der Waals surface area contributed by atoms with Crippen molar-refractivity contribution in [1.82, 2.24) is 4.90 Å². The molecule has 1 aliphatic heterocycles. The molecule has 1 saturated heterocycles. The second-order valence-electron chi connectivity index (χ2n) is 7.46. The Bertz CT molecular complexity index is 944. The first kappa shape index (κ1) is 19.0. The SMILES string of the molecule is O=C(O)C1(S(=O)(=O)c2ccc(Oc3ccccc3)cc2)CCN(C2CC2)CC1. The lowest BCUT2D eigenvalue weighted by Crippen LogP contribution is -2.54. The molecule has 6 nitrogen and oxygen atoms in total. The highest BCUT2D eigenvalue weighted by Crippen LogP contribution is 2.39. The number of carbonyl (C=O) groups is 1. The summed E-state index contributed by atoms with van der Waals surface area (Å²) in [5.41, 5.74) is 0. The third kappa shape index (κ3) is 3.40. The Labute approximate surface area is 164 Å². The van der Waals surface area contributed by atoms with E-state index in [2.05, 4.69) is 4.90 Å². The highest BCUT2D eigenvalue weighted by atomic mass is 32.2. The van der Waals surface area contributed by atoms with E-state index in [1.165, 1.54) is 12.1 Å². The van der Waals surface area contributed by atoms with Crippen LogP contribution in [0.15, 0.2) is 59.5 Å². The molecule has 0 atom stereocenters. The zero-order valence-electron chi connectivity index (χ0n) is 15.5. The van der Waals surface area contributed by atoms with Gasteiger partial charge in [-0.2, -0.15) is 0 Å². The summed E-state index contributed by atoms with van der Waals surface area (Å²) in [6.07, 6.45) is 2.47. The van der Waals surface area contributed by atoms with Crippen molar-refractivity contribution < 1.29 is 23.1 Å². The molecule has 2 fully saturated rings. The summed E-state index contributed by atoms with van der Waals surface area (Å²) in [7, 11) is -4.02. The van der Waals surface area contributed by atoms with E-state index in [1.54, 1.807) is 24.3 Å². The second-order valence-corrected chi connectivity index (χ2v) is 9.72. The first-order valence-electron chi connectivity index (χ1n) is 9.47. The van der Waals surface area contributed by atoms with Crippen LogP contribution in [0.1, 0.15) is 25.7 Å². The lowest BCUT2D eigenvalue weighted by atomic mass is 9.95. The Hall–Kier alpha value is -2.38. The number of nitrogens with zero attached hydrogens (tertiary/aromatic N) is 1. The monoisotopic (exact) mass is 401 g/mol. The van der Waals surface area contributed by atoms with Crippen LogP contribution >= 0.6 is 0 Å². The van der Waals surface area contributed by atoms with Gasteiger partial charge in [0.2, 0.25) is 0 Å². The number of carboxylic acids is 1. The van der Waals surface area contributed by atoms with Gasteiger partial charge in [0.25, 0.3) is 0 Å². The van der Waals surface area contributed by atoms with Gasteiger partial charge in [0.15, 0.2) is 14.6 Å². The van der Waals surface area contributed by atoms with E-state index in [0.717, 1.165) is 12.8 Å². The van der Waals surface area contributed by atoms with Crippen LogP contribution in [0.25, 0.3) is 0 Å². The number of likely N-dealkylation sites (tertiary alicyclic amines) is 1. The fraction of sp³-hybridized carbons (Fsp3) is 0.381. The molecule has 2 aromatic carbocycles. The number of ether oxygens (including phenoxy) is 1. The van der Waals surface area contributed by atoms with E-state index in [1.807, 2.05) is 18.2 Å². The maximum absolute atomic E-state index is 13.3. The third-order valence-electron chi connectivity index (χ3n) is 5.69. The summed E-state index contributed by atoms with van der Waals surface area (Å²) < 4.78 is 30.5. The van der Waals surface area contributed by atoms with Crippen molar-refractivity contribution in [2.45, 2.75) is 41.4 Å². The van der Waals surface area contributed by atoms with Crippen molar-refractivity contribution in [2.75, 3.05) is 13.1 Å². The molecule has 0 spiro atoms. The smallest absolute Gasteiger partial charge is 0.325 e. The zero-order chi connectivity index (χ0) is 19.8. The molecule has 28 heavy (non-hydrogen) atoms. The number of sulfone groups is 1. The van der Waals surface area contributed by atoms with Crippen molar-refractivity contribution in [1.29, 1.82) is 0 Å². The summed E-state index contributed by atoms with van der Waals surface area (Å²) in [4.78, 5) is 14.3. The van der Waals surface area contributed by atoms with Crippen LogP contribution in [0.3, 0.4) is 0 Å². The quantitative estimate of drug-likeness (QED) is 0.799. The van der Waals surface area contributed by atoms with Crippen LogP contribution in [0.4, 0.5) is 0 Å². The molecule has 0 aromatic heterocycles. The molecule has 2 aliphatic rings. The number of carboxylic acid groups (broad SMARTS) is 1. The van der Waals surface area contributed by atoms with E-state index < -0.39 is 20.6 Å². The fourth-order valence-electron chi connectivity index (χ4n) is 3.82. The number of benzene rings is 2. The van der Waals surface area contributed by atoms with E-state index in [4.69, 9.17) is 4.74 Å². The Morgan fingerprint density at radius 1 is 0.964 bits per heavy atom. The highest BCUT2D eigenvalue weighted by Gasteiger charge is 2.54. The first-order chi connectivity index (χ1) is 13.4. The van der Waals surface area contributed by atoms with E-state index in [-0.39, 0.29) is 17.7 Å². The average Bonchev–Trinajstić information content (AvgIpc) is 3.54. The van der Waals surface area contributed by atoms with Crippen LogP contribution in [0.5, 0.6) is 11.5 Å². The zero-order valence-corrected chi connectivity index (χ0v) is 16.3. The van der Waals surface area contributed by atoms with Crippen molar-refractivity contribution in [2.24, 2.45) is 0 Å². The minimum atomic E-state index is -4.02. The molecule has 0 radical (unpaired) electrons. The van der Waals surface area contributed by atoms with Gasteiger partial charge in [-0.25, -0.2) is 8.42 Å². The van der Waals surface area contributed by atoms with Crippen molar-refractivity contribution in [3.05, 3.63) is 54.6 Å². The molecule has 0 unspecified atom stereocenters. The lowest BCUT2D eigenvalue weighted by Gasteiger charge is -2.38. The molecule has 148 valence electrons. The van der Waals surface area contributed by atoms with Crippen molar-refractivity contribution in [3.63, 3.8) is 0 Å². The van der Waals surface area contributed by atoms with E-state index in [9.17, 15) is 18.3 Å². The Balaban J connectivity index is 1.56. The standard InChI is InChI=1S/C21H23NO5S/c23-20(24)21(12-14-22(15-13-21)16-6-7-16)28(25,26)19-10-8-18(9-11-19)27-17-4-2-1-3-5-17/h1-5,8-11,16H,6-7,12-15H2,(H,23,24). The third-order valence-corrected chi connectivity index (χ3v) is 8.19. The van der Waals surface area contributed by atoms with E-state index >= 15 is 0 Å². The predicted octanol–water partition coefficient (Wildman–Crippen LogP) is 3.33. The second kappa shape index (κ2) is 7.22. The lowest BCUT2D eigenvalue weighted by molar-refractivity contribution is -0.141. The van der Waals surface area contributed by atoms with Gasteiger partial charge in [0, 0.05) is 19.1 Å². The topological polar surface area (TPSA) is 83.9 Å². The highest BCUT2D eigenvalue weighted by molar-refractivity contribution is 7.93. The van der Waals surface area contributed by atoms with Crippen LogP contribution in [0.2, 0.25) is 0 Å². The molecule has 4 rings (SSSR count). The minimum absolute atomic E-state index is 0.0233. The number of hydrogen-bond donors (Lipinski definition) is 1. The molecule has 2 aromatic rings. The molecule has 1 heterocycles. The van der Waals surface area contributed by atoms with Crippen LogP contribution < -0.4 is 4.74 Å². The van der Waals surface area contributed by atoms with Gasteiger partial charge >= 0.3 is 5.97 Å². The van der Waals surface area contributed by atoms with Crippen LogP contribution in [0, 0.1) is 0 Å². The van der Waals surface area contributed by atoms with Gasteiger partial charge in [-0.15, -0.1) is 0 Å². The normalized spacial score (nSPS) is 19.9. The molecule has 1 saturated carbocycles. The maximum atomic E-state index is 13.3. The van der Waals surface area contributed by atoms with Crippen molar-refractivity contribution in [3.8, 4) is 11.5 Å². The summed E-state index contributed by atoms with van der Waals surface area (Å²) in [5.74, 6) is -0.113. The fourth-order valence-corrected chi connectivity index (χ4v) is 5.72. The maximum Gasteiger partial charge on any atom is 0.325 e. The molecule has 1 N–H and O–H groups in total. The minimum Gasteiger partial charge on any atom is -0.480 e. The first-order valence-corrected chi connectivity index (χ1v) is 11.0. The number of piperidine rings is 1. The number of para-hydroxylation sites is 1. The van der Waals surface area contributed by atoms with Gasteiger partial charge in [-0.1, -0.05) is 18.2 Å². The predicted molar refractivity (Wildman–Crippen MR) is 104 cm³/mol. The largest absolute Gasteiger partial charge is 0.480 e. The molecule has 1 aliphatic carbocycles. The average molecular weight is 401 g/mol. The van der Waals surface area contributed by atoms with Gasteiger partial charge in [-0.3, -0.25) is 4.79 Å². The number of hydrogen-bond acceptors (Lipinski definition) is 5. The van der Waals surface area contributed by atoms with Crippen LogP contribution in [-0.2, 0) is 14.6 Å². The molecular weight excluding hydrogens is 378 g/mol. The molecule has 0 amide bonds. The van der Waals surface area contributed by atoms with Gasteiger partial charge in [0.05, 0.1) is 4.90 Å². The number of aliphatic carboxylic acids is 1. The number of rotatable bonds is 6. The summed E-state index contributed by atoms with van der Waals surface area (Å²) in [6.45, 7) is 1.01. The van der Waals surface area contributed by atoms with Crippen LogP contribution in [-0.4, -0.2) is 48.3 Å². The summed E-state index contributed by atoms with van der Waals surface area (Å²) in [5, 5.41) is 9.85. The van der Waals surface area contributed by atoms with E-state index in [0.29, 0.717) is 30.6 Å². The Kier molecular flexibility index (Phi) is 4.89.